The van der Waals surface area contributed by atoms with Crippen molar-refractivity contribution in [2.75, 3.05) is 25.1 Å². The fourth-order valence-electron chi connectivity index (χ4n) is 3.49. The van der Waals surface area contributed by atoms with Gasteiger partial charge in [0, 0.05) is 17.8 Å². The molecular formula is C17H26N6. The van der Waals surface area contributed by atoms with Gasteiger partial charge in [0.1, 0.15) is 5.82 Å². The van der Waals surface area contributed by atoms with Gasteiger partial charge in [-0.15, -0.1) is 0 Å². The van der Waals surface area contributed by atoms with Crippen molar-refractivity contribution in [2.45, 2.75) is 51.6 Å². The first kappa shape index (κ1) is 15.9. The van der Waals surface area contributed by atoms with E-state index in [1.165, 1.54) is 12.8 Å². The van der Waals surface area contributed by atoms with Crippen LogP contribution in [0.4, 0.5) is 11.8 Å². The summed E-state index contributed by atoms with van der Waals surface area (Å²) in [4.78, 5) is 15.9. The Morgan fingerprint density at radius 3 is 2.43 bits per heavy atom. The summed E-state index contributed by atoms with van der Waals surface area (Å²) in [7, 11) is 4.31. The largest absolute Gasteiger partial charge is 0.383 e. The molecule has 6 heteroatoms. The summed E-state index contributed by atoms with van der Waals surface area (Å²) in [6.07, 6.45) is 4.66. The van der Waals surface area contributed by atoms with Crippen LogP contribution in [0.15, 0.2) is 6.07 Å². The molecule has 0 atom stereocenters. The van der Waals surface area contributed by atoms with Gasteiger partial charge in [0.05, 0.1) is 5.39 Å². The maximum absolute atomic E-state index is 6.14. The number of hydrogen-bond acceptors (Lipinski definition) is 6. The maximum Gasteiger partial charge on any atom is 0.226 e. The summed E-state index contributed by atoms with van der Waals surface area (Å²) in [5.41, 5.74) is 8.84. The van der Waals surface area contributed by atoms with Crippen LogP contribution in [0.25, 0.3) is 11.0 Å². The Kier molecular flexibility index (Phi) is 4.35. The van der Waals surface area contributed by atoms with Crippen molar-refractivity contribution < 1.29 is 0 Å². The van der Waals surface area contributed by atoms with E-state index in [1.807, 2.05) is 19.9 Å². The van der Waals surface area contributed by atoms with Crippen LogP contribution in [-0.2, 0) is 0 Å². The average Bonchev–Trinajstić information content (AvgIpc) is 2.46. The lowest BCUT2D eigenvalue weighted by Crippen LogP contribution is -2.36. The zero-order chi connectivity index (χ0) is 16.6. The summed E-state index contributed by atoms with van der Waals surface area (Å²) >= 11 is 0. The normalized spacial score (nSPS) is 21.8. The number of aryl methyl sites for hydroxylation is 2. The second-order valence-electron chi connectivity index (χ2n) is 6.82. The highest BCUT2D eigenvalue weighted by Gasteiger charge is 2.23. The molecule has 0 spiro atoms. The molecule has 0 unspecified atom stereocenters. The molecule has 6 nitrogen and oxygen atoms in total. The molecule has 23 heavy (non-hydrogen) atoms. The number of fused-ring (bicyclic) bond motifs is 1. The number of pyridine rings is 1. The first-order valence-electron chi connectivity index (χ1n) is 8.28. The van der Waals surface area contributed by atoms with Gasteiger partial charge >= 0.3 is 0 Å². The molecule has 0 bridgehead atoms. The van der Waals surface area contributed by atoms with Crippen LogP contribution in [0.5, 0.6) is 0 Å². The number of anilines is 2. The lowest BCUT2D eigenvalue weighted by Gasteiger charge is -2.33. The minimum atomic E-state index is 0.411. The second kappa shape index (κ2) is 6.28. The molecule has 124 valence electrons. The van der Waals surface area contributed by atoms with Crippen LogP contribution in [0.1, 0.15) is 36.9 Å². The van der Waals surface area contributed by atoms with E-state index in [2.05, 4.69) is 39.3 Å². The Balaban J connectivity index is 1.79. The van der Waals surface area contributed by atoms with Crippen LogP contribution in [0.2, 0.25) is 0 Å². The van der Waals surface area contributed by atoms with E-state index in [4.69, 9.17) is 5.73 Å². The number of nitrogens with one attached hydrogen (secondary N) is 1. The predicted molar refractivity (Wildman–Crippen MR) is 94.6 cm³/mol. The lowest BCUT2D eigenvalue weighted by molar-refractivity contribution is 0.221. The highest BCUT2D eigenvalue weighted by Crippen LogP contribution is 2.26. The van der Waals surface area contributed by atoms with Crippen molar-refractivity contribution in [3.05, 3.63) is 17.3 Å². The highest BCUT2D eigenvalue weighted by atomic mass is 15.2. The van der Waals surface area contributed by atoms with Crippen molar-refractivity contribution in [3.8, 4) is 0 Å². The van der Waals surface area contributed by atoms with E-state index in [9.17, 15) is 0 Å². The number of hydrogen-bond donors (Lipinski definition) is 2. The van der Waals surface area contributed by atoms with Crippen LogP contribution in [0.3, 0.4) is 0 Å². The van der Waals surface area contributed by atoms with Crippen molar-refractivity contribution >= 4 is 22.8 Å². The molecule has 2 aromatic heterocycles. The fraction of sp³-hybridized carbons (Fsp3) is 0.588. The molecule has 1 fully saturated rings. The van der Waals surface area contributed by atoms with Gasteiger partial charge in [0.25, 0.3) is 0 Å². The fourth-order valence-corrected chi connectivity index (χ4v) is 3.49. The van der Waals surface area contributed by atoms with Crippen molar-refractivity contribution in [1.29, 1.82) is 0 Å². The summed E-state index contributed by atoms with van der Waals surface area (Å²) in [6, 6.07) is 3.11. The summed E-state index contributed by atoms with van der Waals surface area (Å²) in [5.74, 6) is 1.10. The minimum Gasteiger partial charge on any atom is -0.383 e. The molecule has 0 radical (unpaired) electrons. The number of aromatic nitrogens is 3. The first-order chi connectivity index (χ1) is 10.9. The Labute approximate surface area is 137 Å². The quantitative estimate of drug-likeness (QED) is 0.906. The summed E-state index contributed by atoms with van der Waals surface area (Å²) in [6.45, 7) is 3.99. The highest BCUT2D eigenvalue weighted by molar-refractivity contribution is 5.89. The molecule has 0 aliphatic heterocycles. The van der Waals surface area contributed by atoms with E-state index in [-0.39, 0.29) is 0 Å². The van der Waals surface area contributed by atoms with E-state index in [0.29, 0.717) is 29.5 Å². The van der Waals surface area contributed by atoms with Crippen LogP contribution < -0.4 is 11.1 Å². The van der Waals surface area contributed by atoms with Gasteiger partial charge in [-0.25, -0.2) is 4.98 Å². The molecule has 2 aromatic rings. The summed E-state index contributed by atoms with van der Waals surface area (Å²) in [5, 5.41) is 4.31. The van der Waals surface area contributed by atoms with Crippen LogP contribution in [0, 0.1) is 13.8 Å². The molecule has 0 aromatic carbocycles. The maximum atomic E-state index is 6.14. The second-order valence-corrected chi connectivity index (χ2v) is 6.82. The standard InChI is InChI=1S/C17H26N6/c1-10-9-11(2)19-16-14(10)15(18)21-17(22-16)20-12-5-7-13(8-6-12)23(3)4/h9,12-13H,5-8H2,1-4H3,(H3,18,19,20,21,22). The number of nitrogens with two attached hydrogens (primary N) is 1. The van der Waals surface area contributed by atoms with Gasteiger partial charge in [-0.2, -0.15) is 9.97 Å². The third kappa shape index (κ3) is 3.37. The monoisotopic (exact) mass is 314 g/mol. The molecule has 2 heterocycles. The van der Waals surface area contributed by atoms with Gasteiger partial charge < -0.3 is 16.0 Å². The van der Waals surface area contributed by atoms with Gasteiger partial charge in [-0.3, -0.25) is 0 Å². The predicted octanol–water partition coefficient (Wildman–Crippen LogP) is 2.51. The van der Waals surface area contributed by atoms with Gasteiger partial charge in [0.2, 0.25) is 5.95 Å². The SMILES string of the molecule is Cc1cc(C)c2c(N)nc(NC3CCC(N(C)C)CC3)nc2n1. The zero-order valence-corrected chi connectivity index (χ0v) is 14.4. The topological polar surface area (TPSA) is 80.0 Å². The van der Waals surface area contributed by atoms with Gasteiger partial charge in [0.15, 0.2) is 5.65 Å². The minimum absolute atomic E-state index is 0.411. The molecule has 1 saturated carbocycles. The molecular weight excluding hydrogens is 288 g/mol. The Morgan fingerprint density at radius 1 is 1.09 bits per heavy atom. The number of nitrogens with zero attached hydrogens (tertiary/aromatic N) is 4. The number of rotatable bonds is 3. The average molecular weight is 314 g/mol. The number of nitrogen functional groups attached to an aromatic ring is 1. The molecule has 1 aliphatic rings. The zero-order valence-electron chi connectivity index (χ0n) is 14.4. The molecule has 3 N–H and O–H groups in total. The molecule has 0 amide bonds. The smallest absolute Gasteiger partial charge is 0.226 e. The molecule has 0 saturated heterocycles. The van der Waals surface area contributed by atoms with E-state index >= 15 is 0 Å². The van der Waals surface area contributed by atoms with Crippen LogP contribution in [-0.4, -0.2) is 46.0 Å². The van der Waals surface area contributed by atoms with E-state index < -0.39 is 0 Å². The van der Waals surface area contributed by atoms with Crippen molar-refractivity contribution in [1.82, 2.24) is 19.9 Å². The molecule has 3 rings (SSSR count). The van der Waals surface area contributed by atoms with Crippen LogP contribution >= 0.6 is 0 Å². The Hall–Kier alpha value is -1.95. The summed E-state index contributed by atoms with van der Waals surface area (Å²) < 4.78 is 0. The van der Waals surface area contributed by atoms with E-state index in [1.54, 1.807) is 0 Å². The molecule has 1 aliphatic carbocycles. The Bertz CT molecular complexity index is 704. The third-order valence-corrected chi connectivity index (χ3v) is 4.78. The van der Waals surface area contributed by atoms with E-state index in [0.717, 1.165) is 29.5 Å². The lowest BCUT2D eigenvalue weighted by atomic mass is 9.91. The van der Waals surface area contributed by atoms with Gasteiger partial charge in [-0.1, -0.05) is 0 Å². The first-order valence-corrected chi connectivity index (χ1v) is 8.28. The van der Waals surface area contributed by atoms with Gasteiger partial charge in [-0.05, 0) is 65.3 Å². The van der Waals surface area contributed by atoms with Crippen molar-refractivity contribution in [3.63, 3.8) is 0 Å². The van der Waals surface area contributed by atoms with Crippen molar-refractivity contribution in [2.24, 2.45) is 0 Å². The third-order valence-electron chi connectivity index (χ3n) is 4.78. The Morgan fingerprint density at radius 2 is 1.78 bits per heavy atom.